The van der Waals surface area contributed by atoms with Crippen LogP contribution in [0.1, 0.15) is 34.1 Å². The predicted molar refractivity (Wildman–Crippen MR) is 44.9 cm³/mol. The van der Waals surface area contributed by atoms with Crippen molar-refractivity contribution in [3.05, 3.63) is 0 Å². The molecule has 1 nitrogen and oxygen atoms in total. The first kappa shape index (κ1) is 9.96. The molecule has 0 saturated carbocycles. The summed E-state index contributed by atoms with van der Waals surface area (Å²) >= 11 is 0. The molecule has 0 radical (unpaired) electrons. The van der Waals surface area contributed by atoms with Crippen molar-refractivity contribution in [3.63, 3.8) is 0 Å². The average molecular weight is 144 g/mol. The lowest BCUT2D eigenvalue weighted by Crippen LogP contribution is -2.20. The zero-order valence-corrected chi connectivity index (χ0v) is 7.59. The Morgan fingerprint density at radius 2 is 1.70 bits per heavy atom. The summed E-state index contributed by atoms with van der Waals surface area (Å²) in [6.07, 6.45) is 1.17. The van der Waals surface area contributed by atoms with Crippen molar-refractivity contribution < 1.29 is 5.11 Å². The Labute approximate surface area is 64.5 Å². The molecule has 0 spiro atoms. The van der Waals surface area contributed by atoms with Crippen molar-refractivity contribution in [2.24, 2.45) is 17.8 Å². The number of aliphatic hydroxyl groups excluding tert-OH is 1. The van der Waals surface area contributed by atoms with Gasteiger partial charge in [-0.15, -0.1) is 0 Å². The molecule has 10 heavy (non-hydrogen) atoms. The van der Waals surface area contributed by atoms with Gasteiger partial charge in [0.1, 0.15) is 0 Å². The third kappa shape index (κ3) is 2.70. The second-order valence-electron chi connectivity index (χ2n) is 3.48. The molecule has 1 heteroatoms. The topological polar surface area (TPSA) is 20.2 Å². The molecule has 0 aliphatic rings. The highest BCUT2D eigenvalue weighted by atomic mass is 16.3. The number of hydrogen-bond acceptors (Lipinski definition) is 1. The smallest absolute Gasteiger partial charge is 0.0464 e. The third-order valence-electron chi connectivity index (χ3n) is 2.44. The van der Waals surface area contributed by atoms with E-state index in [1.165, 1.54) is 6.42 Å². The lowest BCUT2D eigenvalue weighted by atomic mass is 9.84. The Morgan fingerprint density at radius 1 is 1.20 bits per heavy atom. The molecule has 0 fully saturated rings. The summed E-state index contributed by atoms with van der Waals surface area (Å²) in [5, 5.41) is 9.00. The SMILES string of the molecule is CCC(C)C(CO)C(C)C. The van der Waals surface area contributed by atoms with Gasteiger partial charge in [0, 0.05) is 6.61 Å². The molecule has 2 unspecified atom stereocenters. The zero-order chi connectivity index (χ0) is 8.15. The van der Waals surface area contributed by atoms with E-state index in [1.54, 1.807) is 0 Å². The van der Waals surface area contributed by atoms with Gasteiger partial charge >= 0.3 is 0 Å². The van der Waals surface area contributed by atoms with Gasteiger partial charge in [-0.05, 0) is 17.8 Å². The van der Waals surface area contributed by atoms with E-state index in [0.29, 0.717) is 24.4 Å². The minimum atomic E-state index is 0.340. The Hall–Kier alpha value is -0.0400. The molecule has 0 aromatic heterocycles. The van der Waals surface area contributed by atoms with E-state index in [-0.39, 0.29) is 0 Å². The summed E-state index contributed by atoms with van der Waals surface area (Å²) < 4.78 is 0. The number of rotatable bonds is 4. The third-order valence-corrected chi connectivity index (χ3v) is 2.44. The second kappa shape index (κ2) is 4.73. The average Bonchev–Trinajstić information content (AvgIpc) is 1.88. The van der Waals surface area contributed by atoms with Gasteiger partial charge in [0.25, 0.3) is 0 Å². The molecule has 0 aromatic rings. The summed E-state index contributed by atoms with van der Waals surface area (Å²) in [5.74, 6) is 1.76. The van der Waals surface area contributed by atoms with Crippen LogP contribution in [0.5, 0.6) is 0 Å². The van der Waals surface area contributed by atoms with Crippen molar-refractivity contribution in [2.75, 3.05) is 6.61 Å². The Morgan fingerprint density at radius 3 is 1.80 bits per heavy atom. The van der Waals surface area contributed by atoms with Crippen LogP contribution in [0.25, 0.3) is 0 Å². The summed E-state index contributed by atoms with van der Waals surface area (Å²) in [6, 6.07) is 0. The van der Waals surface area contributed by atoms with E-state index in [2.05, 4.69) is 27.7 Å². The van der Waals surface area contributed by atoms with E-state index in [0.717, 1.165) is 0 Å². The fourth-order valence-corrected chi connectivity index (χ4v) is 1.35. The van der Waals surface area contributed by atoms with Gasteiger partial charge in [-0.2, -0.15) is 0 Å². The van der Waals surface area contributed by atoms with Gasteiger partial charge < -0.3 is 5.11 Å². The maximum Gasteiger partial charge on any atom is 0.0464 e. The van der Waals surface area contributed by atoms with Crippen LogP contribution >= 0.6 is 0 Å². The van der Waals surface area contributed by atoms with Crippen molar-refractivity contribution >= 4 is 0 Å². The van der Waals surface area contributed by atoms with Gasteiger partial charge in [0.2, 0.25) is 0 Å². The first-order valence-electron chi connectivity index (χ1n) is 4.24. The molecule has 0 aliphatic heterocycles. The molecule has 62 valence electrons. The fourth-order valence-electron chi connectivity index (χ4n) is 1.35. The molecule has 0 aliphatic carbocycles. The Bertz CT molecular complexity index is 78.8. The lowest BCUT2D eigenvalue weighted by molar-refractivity contribution is 0.140. The van der Waals surface area contributed by atoms with Gasteiger partial charge in [0.15, 0.2) is 0 Å². The van der Waals surface area contributed by atoms with Crippen molar-refractivity contribution in [1.29, 1.82) is 0 Å². The van der Waals surface area contributed by atoms with Crippen molar-refractivity contribution in [1.82, 2.24) is 0 Å². The van der Waals surface area contributed by atoms with E-state index >= 15 is 0 Å². The highest BCUT2D eigenvalue weighted by Gasteiger charge is 2.17. The summed E-state index contributed by atoms with van der Waals surface area (Å²) in [7, 11) is 0. The van der Waals surface area contributed by atoms with Crippen molar-refractivity contribution in [2.45, 2.75) is 34.1 Å². The maximum atomic E-state index is 9.00. The van der Waals surface area contributed by atoms with Crippen LogP contribution in [-0.4, -0.2) is 11.7 Å². The van der Waals surface area contributed by atoms with Crippen LogP contribution in [-0.2, 0) is 0 Å². The summed E-state index contributed by atoms with van der Waals surface area (Å²) in [5.41, 5.74) is 0. The quantitative estimate of drug-likeness (QED) is 0.642. The number of aliphatic hydroxyl groups is 1. The number of hydrogen-bond donors (Lipinski definition) is 1. The molecule has 0 heterocycles. The molecule has 0 amide bonds. The van der Waals surface area contributed by atoms with Crippen LogP contribution < -0.4 is 0 Å². The second-order valence-corrected chi connectivity index (χ2v) is 3.48. The van der Waals surface area contributed by atoms with Crippen LogP contribution in [0.2, 0.25) is 0 Å². The molecular formula is C9H20O. The van der Waals surface area contributed by atoms with Gasteiger partial charge in [0.05, 0.1) is 0 Å². The van der Waals surface area contributed by atoms with E-state index in [9.17, 15) is 0 Å². The van der Waals surface area contributed by atoms with Crippen molar-refractivity contribution in [3.8, 4) is 0 Å². The predicted octanol–water partition coefficient (Wildman–Crippen LogP) is 2.30. The van der Waals surface area contributed by atoms with Crippen LogP contribution in [0.3, 0.4) is 0 Å². The first-order chi connectivity index (χ1) is 4.63. The molecular weight excluding hydrogens is 124 g/mol. The highest BCUT2D eigenvalue weighted by Crippen LogP contribution is 2.22. The van der Waals surface area contributed by atoms with Crippen LogP contribution in [0, 0.1) is 17.8 Å². The van der Waals surface area contributed by atoms with E-state index < -0.39 is 0 Å². The largest absolute Gasteiger partial charge is 0.396 e. The minimum Gasteiger partial charge on any atom is -0.396 e. The standard InChI is InChI=1S/C9H20O/c1-5-8(4)9(6-10)7(2)3/h7-10H,5-6H2,1-4H3. The molecule has 0 saturated heterocycles. The van der Waals surface area contributed by atoms with Crippen LogP contribution in [0.15, 0.2) is 0 Å². The fraction of sp³-hybridized carbons (Fsp3) is 1.00. The minimum absolute atomic E-state index is 0.340. The maximum absolute atomic E-state index is 9.00. The molecule has 2 atom stereocenters. The first-order valence-corrected chi connectivity index (χ1v) is 4.24. The normalized spacial score (nSPS) is 17.4. The molecule has 0 aromatic carbocycles. The summed E-state index contributed by atoms with van der Waals surface area (Å²) in [6.45, 7) is 9.07. The Kier molecular flexibility index (Phi) is 4.71. The van der Waals surface area contributed by atoms with E-state index in [1.807, 2.05) is 0 Å². The lowest BCUT2D eigenvalue weighted by Gasteiger charge is -2.24. The van der Waals surface area contributed by atoms with Gasteiger partial charge in [-0.1, -0.05) is 34.1 Å². The Balaban J connectivity index is 3.80. The van der Waals surface area contributed by atoms with Gasteiger partial charge in [-0.25, -0.2) is 0 Å². The molecule has 1 N–H and O–H groups in total. The highest BCUT2D eigenvalue weighted by molar-refractivity contribution is 4.67. The summed E-state index contributed by atoms with van der Waals surface area (Å²) in [4.78, 5) is 0. The molecule has 0 bridgehead atoms. The molecule has 0 rings (SSSR count). The zero-order valence-electron chi connectivity index (χ0n) is 7.59. The van der Waals surface area contributed by atoms with Crippen LogP contribution in [0.4, 0.5) is 0 Å². The monoisotopic (exact) mass is 144 g/mol. The van der Waals surface area contributed by atoms with E-state index in [4.69, 9.17) is 5.11 Å². The van der Waals surface area contributed by atoms with Gasteiger partial charge in [-0.3, -0.25) is 0 Å².